The van der Waals surface area contributed by atoms with Gasteiger partial charge < -0.3 is 4.43 Å². The van der Waals surface area contributed by atoms with Crippen LogP contribution in [-0.4, -0.2) is 28.2 Å². The van der Waals surface area contributed by atoms with Gasteiger partial charge in [-0.05, 0) is 25.7 Å². The topological polar surface area (TPSA) is 33.3 Å². The summed E-state index contributed by atoms with van der Waals surface area (Å²) in [6.07, 6.45) is 13.8. The fourth-order valence-electron chi connectivity index (χ4n) is 3.28. The van der Waals surface area contributed by atoms with Crippen LogP contribution in [0.3, 0.4) is 0 Å². The molecule has 2 aliphatic rings. The molecule has 0 aromatic carbocycles. The molecule has 2 fully saturated rings. The van der Waals surface area contributed by atoms with Crippen LogP contribution in [0.1, 0.15) is 64.2 Å². The molecule has 3 nitrogen and oxygen atoms in total. The van der Waals surface area contributed by atoms with Crippen molar-refractivity contribution in [2.45, 2.75) is 89.2 Å². The van der Waals surface area contributed by atoms with E-state index in [0.29, 0.717) is 12.1 Å². The zero-order valence-electron chi connectivity index (χ0n) is 11.9. The molecule has 18 heavy (non-hydrogen) atoms. The van der Waals surface area contributed by atoms with E-state index in [1.54, 1.807) is 0 Å². The Balaban J connectivity index is 1.74. The van der Waals surface area contributed by atoms with Crippen molar-refractivity contribution in [3.8, 4) is 0 Å². The molecule has 0 bridgehead atoms. The molecule has 0 aromatic heterocycles. The van der Waals surface area contributed by atoms with Crippen LogP contribution in [0.5, 0.6) is 0 Å². The lowest BCUT2D eigenvalue weighted by Crippen LogP contribution is -2.53. The van der Waals surface area contributed by atoms with E-state index in [4.69, 9.17) is 4.43 Å². The average molecular weight is 270 g/mol. The SMILES string of the molecule is C[SiH2]OC(NC1CCCCC1)NC1CCCCC1. The van der Waals surface area contributed by atoms with Gasteiger partial charge in [0.1, 0.15) is 0 Å². The third-order valence-electron chi connectivity index (χ3n) is 4.32. The van der Waals surface area contributed by atoms with Crippen LogP contribution in [0.2, 0.25) is 6.55 Å². The molecule has 0 atom stereocenters. The summed E-state index contributed by atoms with van der Waals surface area (Å²) in [7, 11) is -0.352. The van der Waals surface area contributed by atoms with Gasteiger partial charge in [0.2, 0.25) is 0 Å². The highest BCUT2D eigenvalue weighted by molar-refractivity contribution is 6.24. The first-order valence-corrected chi connectivity index (χ1v) is 10.0. The van der Waals surface area contributed by atoms with Gasteiger partial charge in [-0.25, -0.2) is 0 Å². The van der Waals surface area contributed by atoms with E-state index >= 15 is 0 Å². The van der Waals surface area contributed by atoms with E-state index in [0.717, 1.165) is 0 Å². The summed E-state index contributed by atoms with van der Waals surface area (Å²) < 4.78 is 5.96. The Labute approximate surface area is 114 Å². The monoisotopic (exact) mass is 270 g/mol. The van der Waals surface area contributed by atoms with Gasteiger partial charge in [0, 0.05) is 12.1 Å². The molecule has 2 rings (SSSR count). The first-order valence-electron chi connectivity index (χ1n) is 8.02. The van der Waals surface area contributed by atoms with Crippen molar-refractivity contribution in [2.75, 3.05) is 0 Å². The molecule has 0 saturated heterocycles. The fraction of sp³-hybridized carbons (Fsp3) is 1.00. The maximum Gasteiger partial charge on any atom is 0.162 e. The van der Waals surface area contributed by atoms with Gasteiger partial charge in [0.05, 0.1) is 0 Å². The third-order valence-corrected chi connectivity index (χ3v) is 4.98. The van der Waals surface area contributed by atoms with Crippen LogP contribution >= 0.6 is 0 Å². The van der Waals surface area contributed by atoms with Crippen LogP contribution in [0.4, 0.5) is 0 Å². The van der Waals surface area contributed by atoms with Gasteiger partial charge in [0.25, 0.3) is 0 Å². The Morgan fingerprint density at radius 2 is 1.28 bits per heavy atom. The highest BCUT2D eigenvalue weighted by atomic mass is 28.2. The third kappa shape index (κ3) is 5.00. The van der Waals surface area contributed by atoms with Crippen molar-refractivity contribution in [1.82, 2.24) is 10.6 Å². The molecule has 0 amide bonds. The van der Waals surface area contributed by atoms with E-state index in [9.17, 15) is 0 Å². The molecule has 2 N–H and O–H groups in total. The molecule has 0 heterocycles. The first-order chi connectivity index (χ1) is 8.88. The van der Waals surface area contributed by atoms with Crippen LogP contribution < -0.4 is 10.6 Å². The zero-order chi connectivity index (χ0) is 12.6. The Hall–Kier alpha value is 0.0969. The number of rotatable bonds is 6. The fourth-order valence-corrected chi connectivity index (χ4v) is 3.80. The van der Waals surface area contributed by atoms with E-state index in [1.165, 1.54) is 64.2 Å². The standard InChI is InChI=1S/C14H30N2OSi/c1-18-17-14(15-12-8-4-2-5-9-12)16-13-10-6-3-7-11-13/h12-16H,2-11,18H2,1H3. The van der Waals surface area contributed by atoms with Crippen molar-refractivity contribution < 1.29 is 4.43 Å². The molecule has 0 spiro atoms. The highest BCUT2D eigenvalue weighted by Gasteiger charge is 2.21. The Morgan fingerprint density at radius 1 is 0.833 bits per heavy atom. The molecule has 0 unspecified atom stereocenters. The quantitative estimate of drug-likeness (QED) is 0.574. The second kappa shape index (κ2) is 8.30. The number of hydrogen-bond donors (Lipinski definition) is 2. The largest absolute Gasteiger partial charge is 0.398 e. The second-order valence-corrected chi connectivity index (χ2v) is 6.75. The van der Waals surface area contributed by atoms with E-state index in [1.807, 2.05) is 0 Å². The summed E-state index contributed by atoms with van der Waals surface area (Å²) in [6, 6.07) is 1.36. The zero-order valence-corrected chi connectivity index (χ0v) is 13.3. The van der Waals surface area contributed by atoms with Gasteiger partial charge in [-0.1, -0.05) is 45.1 Å². The van der Waals surface area contributed by atoms with Gasteiger partial charge in [-0.2, -0.15) is 0 Å². The summed E-state index contributed by atoms with van der Waals surface area (Å²) >= 11 is 0. The van der Waals surface area contributed by atoms with Crippen molar-refractivity contribution in [3.05, 3.63) is 0 Å². The molecule has 2 saturated carbocycles. The summed E-state index contributed by atoms with van der Waals surface area (Å²) in [4.78, 5) is 0. The molecule has 0 aromatic rings. The van der Waals surface area contributed by atoms with Crippen LogP contribution in [-0.2, 0) is 4.43 Å². The second-order valence-electron chi connectivity index (χ2n) is 5.84. The van der Waals surface area contributed by atoms with Gasteiger partial charge in [0.15, 0.2) is 16.1 Å². The van der Waals surface area contributed by atoms with Crippen molar-refractivity contribution >= 4 is 9.76 Å². The minimum atomic E-state index is -0.352. The predicted octanol–water partition coefficient (Wildman–Crippen LogP) is 2.26. The summed E-state index contributed by atoms with van der Waals surface area (Å²) in [5, 5.41) is 7.41. The van der Waals surface area contributed by atoms with Crippen LogP contribution in [0.15, 0.2) is 0 Å². The lowest BCUT2D eigenvalue weighted by atomic mass is 9.95. The molecular formula is C14H30N2OSi. The smallest absolute Gasteiger partial charge is 0.162 e. The Bertz CT molecular complexity index is 196. The lowest BCUT2D eigenvalue weighted by Gasteiger charge is -2.33. The summed E-state index contributed by atoms with van der Waals surface area (Å²) in [5.74, 6) is 0. The van der Waals surface area contributed by atoms with E-state index in [2.05, 4.69) is 17.2 Å². The van der Waals surface area contributed by atoms with Gasteiger partial charge >= 0.3 is 0 Å². The maximum absolute atomic E-state index is 5.96. The van der Waals surface area contributed by atoms with E-state index < -0.39 is 0 Å². The molecular weight excluding hydrogens is 240 g/mol. The van der Waals surface area contributed by atoms with Crippen molar-refractivity contribution in [1.29, 1.82) is 0 Å². The maximum atomic E-state index is 5.96. The molecule has 4 heteroatoms. The van der Waals surface area contributed by atoms with Gasteiger partial charge in [-0.15, -0.1) is 0 Å². The highest BCUT2D eigenvalue weighted by Crippen LogP contribution is 2.20. The van der Waals surface area contributed by atoms with Crippen LogP contribution in [0.25, 0.3) is 0 Å². The Morgan fingerprint density at radius 3 is 1.67 bits per heavy atom. The normalized spacial score (nSPS) is 24.3. The lowest BCUT2D eigenvalue weighted by molar-refractivity contribution is 0.0903. The molecule has 2 aliphatic carbocycles. The van der Waals surface area contributed by atoms with Crippen LogP contribution in [0, 0.1) is 0 Å². The summed E-state index contributed by atoms with van der Waals surface area (Å²) in [6.45, 7) is 2.22. The summed E-state index contributed by atoms with van der Waals surface area (Å²) in [5.41, 5.74) is 0. The number of nitrogens with one attached hydrogen (secondary N) is 2. The van der Waals surface area contributed by atoms with Crippen molar-refractivity contribution in [3.63, 3.8) is 0 Å². The van der Waals surface area contributed by atoms with Gasteiger partial charge in [-0.3, -0.25) is 10.6 Å². The minimum absolute atomic E-state index is 0.132. The predicted molar refractivity (Wildman–Crippen MR) is 79.3 cm³/mol. The molecule has 106 valence electrons. The molecule has 0 radical (unpaired) electrons. The van der Waals surface area contributed by atoms with Crippen molar-refractivity contribution in [2.24, 2.45) is 0 Å². The number of hydrogen-bond acceptors (Lipinski definition) is 3. The average Bonchev–Trinajstić information content (AvgIpc) is 2.41. The first kappa shape index (κ1) is 14.5. The van der Waals surface area contributed by atoms with E-state index in [-0.39, 0.29) is 16.1 Å². The Kier molecular flexibility index (Phi) is 6.69. The molecule has 0 aliphatic heterocycles. The minimum Gasteiger partial charge on any atom is -0.398 e.